The topological polar surface area (TPSA) is 53.4 Å². The second-order valence-electron chi connectivity index (χ2n) is 5.32. The van der Waals surface area contributed by atoms with Crippen LogP contribution in [0.25, 0.3) is 0 Å². The first-order valence-corrected chi connectivity index (χ1v) is 7.10. The number of aromatic nitrogens is 1. The zero-order chi connectivity index (χ0) is 13.7. The SMILES string of the molecule is CCCC1CCN(Cc2cccnc2C(=O)O)CC1. The zero-order valence-electron chi connectivity index (χ0n) is 11.5. The number of piperidine rings is 1. The highest BCUT2D eigenvalue weighted by atomic mass is 16.4. The number of carboxylic acid groups (broad SMARTS) is 1. The summed E-state index contributed by atoms with van der Waals surface area (Å²) in [5.74, 6) is -0.0782. The molecule has 0 bridgehead atoms. The molecule has 1 aliphatic heterocycles. The third-order valence-electron chi connectivity index (χ3n) is 3.89. The van der Waals surface area contributed by atoms with Gasteiger partial charge in [0.1, 0.15) is 0 Å². The number of aromatic carboxylic acids is 1. The first-order chi connectivity index (χ1) is 9.20. The quantitative estimate of drug-likeness (QED) is 0.886. The van der Waals surface area contributed by atoms with Crippen molar-refractivity contribution in [3.05, 3.63) is 29.6 Å². The monoisotopic (exact) mass is 262 g/mol. The molecule has 0 spiro atoms. The van der Waals surface area contributed by atoms with E-state index in [1.54, 1.807) is 6.20 Å². The Morgan fingerprint density at radius 2 is 2.21 bits per heavy atom. The molecule has 1 saturated heterocycles. The Labute approximate surface area is 114 Å². The molecule has 0 atom stereocenters. The van der Waals surface area contributed by atoms with Gasteiger partial charge in [0.2, 0.25) is 0 Å². The van der Waals surface area contributed by atoms with Gasteiger partial charge in [0, 0.05) is 12.7 Å². The van der Waals surface area contributed by atoms with Crippen LogP contribution in [0.2, 0.25) is 0 Å². The Morgan fingerprint density at radius 3 is 2.84 bits per heavy atom. The number of hydrogen-bond donors (Lipinski definition) is 1. The summed E-state index contributed by atoms with van der Waals surface area (Å²) in [6.45, 7) is 5.08. The summed E-state index contributed by atoms with van der Waals surface area (Å²) in [5, 5.41) is 9.13. The van der Waals surface area contributed by atoms with E-state index in [0.717, 1.165) is 24.6 Å². The average Bonchev–Trinajstić information content (AvgIpc) is 2.42. The van der Waals surface area contributed by atoms with Crippen molar-refractivity contribution in [1.29, 1.82) is 0 Å². The van der Waals surface area contributed by atoms with E-state index in [1.807, 2.05) is 12.1 Å². The van der Waals surface area contributed by atoms with Gasteiger partial charge in [-0.15, -0.1) is 0 Å². The Balaban J connectivity index is 1.94. The van der Waals surface area contributed by atoms with Crippen LogP contribution < -0.4 is 0 Å². The summed E-state index contributed by atoms with van der Waals surface area (Å²) in [4.78, 5) is 17.4. The minimum atomic E-state index is -0.934. The Kier molecular flexibility index (Phi) is 4.91. The molecule has 2 heterocycles. The van der Waals surface area contributed by atoms with Gasteiger partial charge in [-0.25, -0.2) is 9.78 Å². The van der Waals surface area contributed by atoms with Crippen molar-refractivity contribution in [3.63, 3.8) is 0 Å². The van der Waals surface area contributed by atoms with Crippen LogP contribution in [0.1, 0.15) is 48.7 Å². The smallest absolute Gasteiger partial charge is 0.354 e. The van der Waals surface area contributed by atoms with Crippen molar-refractivity contribution in [3.8, 4) is 0 Å². The molecule has 1 aromatic heterocycles. The molecule has 0 aliphatic carbocycles. The van der Waals surface area contributed by atoms with Crippen molar-refractivity contribution in [1.82, 2.24) is 9.88 Å². The number of likely N-dealkylation sites (tertiary alicyclic amines) is 1. The van der Waals surface area contributed by atoms with Gasteiger partial charge >= 0.3 is 5.97 Å². The van der Waals surface area contributed by atoms with Gasteiger partial charge < -0.3 is 5.11 Å². The Hall–Kier alpha value is -1.42. The normalized spacial score (nSPS) is 17.5. The molecule has 1 aliphatic rings. The molecule has 0 saturated carbocycles. The third-order valence-corrected chi connectivity index (χ3v) is 3.89. The van der Waals surface area contributed by atoms with E-state index in [-0.39, 0.29) is 5.69 Å². The largest absolute Gasteiger partial charge is 0.477 e. The van der Waals surface area contributed by atoms with Crippen molar-refractivity contribution < 1.29 is 9.90 Å². The predicted molar refractivity (Wildman–Crippen MR) is 74.1 cm³/mol. The highest BCUT2D eigenvalue weighted by molar-refractivity contribution is 5.86. The molecule has 1 aromatic rings. The van der Waals surface area contributed by atoms with E-state index >= 15 is 0 Å². The fourth-order valence-corrected chi connectivity index (χ4v) is 2.84. The molecule has 0 amide bonds. The van der Waals surface area contributed by atoms with Crippen molar-refractivity contribution in [2.75, 3.05) is 13.1 Å². The minimum absolute atomic E-state index is 0.193. The first-order valence-electron chi connectivity index (χ1n) is 7.10. The minimum Gasteiger partial charge on any atom is -0.477 e. The summed E-state index contributed by atoms with van der Waals surface area (Å²) in [6.07, 6.45) is 6.59. The summed E-state index contributed by atoms with van der Waals surface area (Å²) < 4.78 is 0. The van der Waals surface area contributed by atoms with E-state index in [2.05, 4.69) is 16.8 Å². The lowest BCUT2D eigenvalue weighted by Crippen LogP contribution is -2.33. The zero-order valence-corrected chi connectivity index (χ0v) is 11.5. The van der Waals surface area contributed by atoms with Crippen molar-refractivity contribution in [2.24, 2.45) is 5.92 Å². The van der Waals surface area contributed by atoms with Crippen LogP contribution >= 0.6 is 0 Å². The molecule has 2 rings (SSSR count). The maximum atomic E-state index is 11.1. The lowest BCUT2D eigenvalue weighted by molar-refractivity contribution is 0.0687. The lowest BCUT2D eigenvalue weighted by Gasteiger charge is -2.32. The maximum absolute atomic E-state index is 11.1. The van der Waals surface area contributed by atoms with Crippen LogP contribution in [0.4, 0.5) is 0 Å². The van der Waals surface area contributed by atoms with E-state index in [4.69, 9.17) is 5.11 Å². The summed E-state index contributed by atoms with van der Waals surface area (Å²) in [5.41, 5.74) is 1.02. The van der Waals surface area contributed by atoms with Crippen LogP contribution in [-0.4, -0.2) is 34.0 Å². The Morgan fingerprint density at radius 1 is 1.47 bits per heavy atom. The van der Waals surface area contributed by atoms with Crippen LogP contribution in [0.15, 0.2) is 18.3 Å². The molecular formula is C15H22N2O2. The molecule has 1 fully saturated rings. The van der Waals surface area contributed by atoms with Crippen molar-refractivity contribution in [2.45, 2.75) is 39.2 Å². The summed E-state index contributed by atoms with van der Waals surface area (Å²) in [7, 11) is 0. The Bertz CT molecular complexity index is 426. The summed E-state index contributed by atoms with van der Waals surface area (Å²) in [6, 6.07) is 3.68. The molecule has 104 valence electrons. The fraction of sp³-hybridized carbons (Fsp3) is 0.600. The highest BCUT2D eigenvalue weighted by Crippen LogP contribution is 2.23. The second kappa shape index (κ2) is 6.66. The van der Waals surface area contributed by atoms with Crippen LogP contribution in [0, 0.1) is 5.92 Å². The van der Waals surface area contributed by atoms with E-state index < -0.39 is 5.97 Å². The third kappa shape index (κ3) is 3.77. The van der Waals surface area contributed by atoms with Gasteiger partial charge in [0.25, 0.3) is 0 Å². The van der Waals surface area contributed by atoms with Gasteiger partial charge in [-0.05, 0) is 43.5 Å². The molecule has 1 N–H and O–H groups in total. The van der Waals surface area contributed by atoms with Crippen LogP contribution in [-0.2, 0) is 6.54 Å². The van der Waals surface area contributed by atoms with Gasteiger partial charge in [0.05, 0.1) is 0 Å². The number of carbonyl (C=O) groups is 1. The lowest BCUT2D eigenvalue weighted by atomic mass is 9.92. The van der Waals surface area contributed by atoms with E-state index in [1.165, 1.54) is 25.7 Å². The average molecular weight is 262 g/mol. The fourth-order valence-electron chi connectivity index (χ4n) is 2.84. The van der Waals surface area contributed by atoms with Gasteiger partial charge in [-0.1, -0.05) is 25.8 Å². The second-order valence-corrected chi connectivity index (χ2v) is 5.32. The van der Waals surface area contributed by atoms with Gasteiger partial charge in [-0.3, -0.25) is 4.90 Å². The molecule has 19 heavy (non-hydrogen) atoms. The standard InChI is InChI=1S/C15H22N2O2/c1-2-4-12-6-9-17(10-7-12)11-13-5-3-8-16-14(13)15(18)19/h3,5,8,12H,2,4,6-7,9-11H2,1H3,(H,18,19). The predicted octanol–water partition coefficient (Wildman–Crippen LogP) is 2.79. The number of carboxylic acids is 1. The molecule has 0 aromatic carbocycles. The van der Waals surface area contributed by atoms with Gasteiger partial charge in [-0.2, -0.15) is 0 Å². The first kappa shape index (κ1) is 14.0. The maximum Gasteiger partial charge on any atom is 0.354 e. The number of pyridine rings is 1. The summed E-state index contributed by atoms with van der Waals surface area (Å²) >= 11 is 0. The molecule has 0 radical (unpaired) electrons. The molecule has 0 unspecified atom stereocenters. The molecule has 4 nitrogen and oxygen atoms in total. The molecular weight excluding hydrogens is 240 g/mol. The number of rotatable bonds is 5. The number of nitrogens with zero attached hydrogens (tertiary/aromatic N) is 2. The van der Waals surface area contributed by atoms with Crippen LogP contribution in [0.3, 0.4) is 0 Å². The molecule has 4 heteroatoms. The van der Waals surface area contributed by atoms with E-state index in [9.17, 15) is 4.79 Å². The van der Waals surface area contributed by atoms with Gasteiger partial charge in [0.15, 0.2) is 5.69 Å². The van der Waals surface area contributed by atoms with Crippen molar-refractivity contribution >= 4 is 5.97 Å². The highest BCUT2D eigenvalue weighted by Gasteiger charge is 2.20. The van der Waals surface area contributed by atoms with Crippen LogP contribution in [0.5, 0.6) is 0 Å². The number of hydrogen-bond acceptors (Lipinski definition) is 3. The van der Waals surface area contributed by atoms with E-state index in [0.29, 0.717) is 6.54 Å².